The SMILES string of the molecule is NC(=O)c1c(-c2ccc(Oc3ccccc3)cc2)nn(C2CCCN(C(=O)n3cncn3)C2)c1N. The Hall–Kier alpha value is -4.67. The Morgan fingerprint density at radius 3 is 2.46 bits per heavy atom. The van der Waals surface area contributed by atoms with Crippen molar-refractivity contribution < 1.29 is 14.3 Å². The second-order valence-corrected chi connectivity index (χ2v) is 8.22. The van der Waals surface area contributed by atoms with E-state index in [-0.39, 0.29) is 23.5 Å². The number of primary amides is 1. The van der Waals surface area contributed by atoms with Gasteiger partial charge >= 0.3 is 6.03 Å². The van der Waals surface area contributed by atoms with E-state index in [1.165, 1.54) is 17.3 Å². The lowest BCUT2D eigenvalue weighted by Gasteiger charge is -2.32. The molecule has 0 radical (unpaired) electrons. The maximum absolute atomic E-state index is 12.7. The molecule has 1 aliphatic heterocycles. The third-order valence-corrected chi connectivity index (χ3v) is 5.93. The fraction of sp³-hybridized carbons (Fsp3) is 0.208. The number of carbonyl (C=O) groups is 2. The van der Waals surface area contributed by atoms with E-state index in [4.69, 9.17) is 16.2 Å². The molecule has 11 nitrogen and oxygen atoms in total. The van der Waals surface area contributed by atoms with E-state index in [1.807, 2.05) is 30.3 Å². The van der Waals surface area contributed by atoms with Gasteiger partial charge in [0.25, 0.3) is 5.91 Å². The first-order valence-electron chi connectivity index (χ1n) is 11.2. The lowest BCUT2D eigenvalue weighted by molar-refractivity contribution is 0.100. The number of aromatic nitrogens is 5. The highest BCUT2D eigenvalue weighted by Gasteiger charge is 2.30. The molecule has 1 atom stereocenters. The predicted octanol–water partition coefficient (Wildman–Crippen LogP) is 2.92. The summed E-state index contributed by atoms with van der Waals surface area (Å²) in [6.45, 7) is 0.945. The Morgan fingerprint density at radius 1 is 1.03 bits per heavy atom. The molecular weight excluding hydrogens is 448 g/mol. The number of nitrogens with zero attached hydrogens (tertiary/aromatic N) is 6. The molecule has 0 aliphatic carbocycles. The Labute approximate surface area is 200 Å². The summed E-state index contributed by atoms with van der Waals surface area (Å²) < 4.78 is 8.64. The van der Waals surface area contributed by atoms with Crippen molar-refractivity contribution in [2.24, 2.45) is 5.73 Å². The molecule has 1 aliphatic rings. The van der Waals surface area contributed by atoms with Crippen molar-refractivity contribution in [3.63, 3.8) is 0 Å². The van der Waals surface area contributed by atoms with Crippen LogP contribution >= 0.6 is 0 Å². The van der Waals surface area contributed by atoms with Gasteiger partial charge in [-0.05, 0) is 49.2 Å². The van der Waals surface area contributed by atoms with Gasteiger partial charge in [0, 0.05) is 18.7 Å². The molecule has 2 amide bonds. The van der Waals surface area contributed by atoms with Crippen LogP contribution in [0.5, 0.6) is 11.5 Å². The molecule has 5 rings (SSSR count). The third-order valence-electron chi connectivity index (χ3n) is 5.93. The Balaban J connectivity index is 1.41. The van der Waals surface area contributed by atoms with Crippen molar-refractivity contribution in [1.82, 2.24) is 29.4 Å². The highest BCUT2D eigenvalue weighted by molar-refractivity contribution is 6.03. The van der Waals surface area contributed by atoms with E-state index in [9.17, 15) is 9.59 Å². The summed E-state index contributed by atoms with van der Waals surface area (Å²) in [5, 5.41) is 8.59. The van der Waals surface area contributed by atoms with Crippen LogP contribution in [0, 0.1) is 0 Å². The minimum atomic E-state index is -0.667. The van der Waals surface area contributed by atoms with Gasteiger partial charge in [-0.2, -0.15) is 14.9 Å². The Bertz CT molecular complexity index is 1330. The van der Waals surface area contributed by atoms with E-state index in [1.54, 1.807) is 33.8 Å². The summed E-state index contributed by atoms with van der Waals surface area (Å²) in [6.07, 6.45) is 4.17. The number of anilines is 1. The van der Waals surface area contributed by atoms with Crippen LogP contribution in [0.1, 0.15) is 29.2 Å². The maximum atomic E-state index is 12.7. The fourth-order valence-electron chi connectivity index (χ4n) is 4.26. The lowest BCUT2D eigenvalue weighted by Crippen LogP contribution is -2.43. The van der Waals surface area contributed by atoms with Crippen LogP contribution in [0.2, 0.25) is 0 Å². The third kappa shape index (κ3) is 4.43. The quantitative estimate of drug-likeness (QED) is 0.454. The number of para-hydroxylation sites is 1. The van der Waals surface area contributed by atoms with Crippen molar-refractivity contribution in [3.8, 4) is 22.8 Å². The molecule has 35 heavy (non-hydrogen) atoms. The molecule has 2 aromatic heterocycles. The van der Waals surface area contributed by atoms with Gasteiger partial charge in [0.2, 0.25) is 0 Å². The van der Waals surface area contributed by atoms with Crippen molar-refractivity contribution in [2.75, 3.05) is 18.8 Å². The normalized spacial score (nSPS) is 15.7. The smallest absolute Gasteiger partial charge is 0.346 e. The molecule has 11 heteroatoms. The molecule has 2 aromatic carbocycles. The topological polar surface area (TPSA) is 147 Å². The van der Waals surface area contributed by atoms with Crippen molar-refractivity contribution in [3.05, 3.63) is 72.8 Å². The number of nitrogens with two attached hydrogens (primary N) is 2. The van der Waals surface area contributed by atoms with Crippen molar-refractivity contribution >= 4 is 17.8 Å². The van der Waals surface area contributed by atoms with E-state index >= 15 is 0 Å². The number of piperidine rings is 1. The van der Waals surface area contributed by atoms with Gasteiger partial charge in [0.15, 0.2) is 0 Å². The van der Waals surface area contributed by atoms with Crippen LogP contribution in [0.4, 0.5) is 10.6 Å². The van der Waals surface area contributed by atoms with E-state index in [2.05, 4.69) is 15.2 Å². The number of hydrogen-bond donors (Lipinski definition) is 2. The van der Waals surface area contributed by atoms with Crippen LogP contribution in [-0.4, -0.2) is 54.5 Å². The number of likely N-dealkylation sites (tertiary alicyclic amines) is 1. The summed E-state index contributed by atoms with van der Waals surface area (Å²) in [5.41, 5.74) is 13.3. The Kier molecular flexibility index (Phi) is 5.88. The molecule has 4 N–H and O–H groups in total. The minimum Gasteiger partial charge on any atom is -0.457 e. The number of hydrogen-bond acceptors (Lipinski definition) is 7. The standard InChI is InChI=1S/C24H24N8O3/c25-22-20(23(26)33)21(16-8-10-19(11-9-16)35-18-6-2-1-3-7-18)29-32(22)17-5-4-12-30(13-17)24(34)31-15-27-14-28-31/h1-3,6-11,14-15,17H,4-5,12-13,25H2,(H2,26,33). The van der Waals surface area contributed by atoms with E-state index in [0.717, 1.165) is 12.8 Å². The monoisotopic (exact) mass is 472 g/mol. The largest absolute Gasteiger partial charge is 0.457 e. The molecule has 1 saturated heterocycles. The lowest BCUT2D eigenvalue weighted by atomic mass is 10.1. The van der Waals surface area contributed by atoms with Gasteiger partial charge in [-0.25, -0.2) is 14.5 Å². The average Bonchev–Trinajstić information content (AvgIpc) is 3.53. The first-order valence-corrected chi connectivity index (χ1v) is 11.2. The summed E-state index contributed by atoms with van der Waals surface area (Å²) in [5.74, 6) is 0.869. The minimum absolute atomic E-state index is 0.154. The summed E-state index contributed by atoms with van der Waals surface area (Å²) in [6, 6.07) is 16.1. The zero-order valence-corrected chi connectivity index (χ0v) is 18.8. The number of amides is 2. The molecule has 178 valence electrons. The van der Waals surface area contributed by atoms with Crippen molar-refractivity contribution in [2.45, 2.75) is 18.9 Å². The first-order chi connectivity index (χ1) is 17.0. The van der Waals surface area contributed by atoms with E-state index < -0.39 is 5.91 Å². The molecule has 1 fully saturated rings. The highest BCUT2D eigenvalue weighted by Crippen LogP contribution is 2.33. The zero-order chi connectivity index (χ0) is 24.4. The van der Waals surface area contributed by atoms with Crippen LogP contribution in [0.25, 0.3) is 11.3 Å². The molecular formula is C24H24N8O3. The summed E-state index contributed by atoms with van der Waals surface area (Å²) in [7, 11) is 0. The van der Waals surface area contributed by atoms with Gasteiger partial charge in [-0.1, -0.05) is 18.2 Å². The molecule has 0 spiro atoms. The molecule has 0 saturated carbocycles. The maximum Gasteiger partial charge on any atom is 0.346 e. The van der Waals surface area contributed by atoms with Crippen LogP contribution in [-0.2, 0) is 0 Å². The van der Waals surface area contributed by atoms with Crippen LogP contribution in [0.15, 0.2) is 67.3 Å². The van der Waals surface area contributed by atoms with Gasteiger partial charge in [0.1, 0.15) is 41.2 Å². The highest BCUT2D eigenvalue weighted by atomic mass is 16.5. The second kappa shape index (κ2) is 9.29. The van der Waals surface area contributed by atoms with Gasteiger partial charge in [0.05, 0.1) is 6.04 Å². The first kappa shape index (κ1) is 22.1. The van der Waals surface area contributed by atoms with E-state index in [0.29, 0.717) is 35.8 Å². The molecule has 1 unspecified atom stereocenters. The fourth-order valence-corrected chi connectivity index (χ4v) is 4.26. The number of nitrogen functional groups attached to an aromatic ring is 1. The summed E-state index contributed by atoms with van der Waals surface area (Å²) >= 11 is 0. The number of carbonyl (C=O) groups excluding carboxylic acids is 2. The predicted molar refractivity (Wildman–Crippen MR) is 128 cm³/mol. The average molecular weight is 473 g/mol. The van der Waals surface area contributed by atoms with Gasteiger partial charge < -0.3 is 21.1 Å². The molecule has 0 bridgehead atoms. The number of ether oxygens (including phenoxy) is 1. The number of benzene rings is 2. The van der Waals surface area contributed by atoms with Crippen LogP contribution < -0.4 is 16.2 Å². The zero-order valence-electron chi connectivity index (χ0n) is 18.8. The molecule has 3 heterocycles. The van der Waals surface area contributed by atoms with Gasteiger partial charge in [-0.15, -0.1) is 0 Å². The molecule has 4 aromatic rings. The van der Waals surface area contributed by atoms with Crippen molar-refractivity contribution in [1.29, 1.82) is 0 Å². The number of rotatable bonds is 5. The summed E-state index contributed by atoms with van der Waals surface area (Å²) in [4.78, 5) is 30.6. The van der Waals surface area contributed by atoms with Gasteiger partial charge in [-0.3, -0.25) is 4.79 Å². The Morgan fingerprint density at radius 2 is 1.77 bits per heavy atom. The van der Waals surface area contributed by atoms with Crippen LogP contribution in [0.3, 0.4) is 0 Å². The second-order valence-electron chi connectivity index (χ2n) is 8.22.